The first-order chi connectivity index (χ1) is 9.65. The number of amides is 1. The van der Waals surface area contributed by atoms with Crippen LogP contribution in [0.15, 0.2) is 18.2 Å². The van der Waals surface area contributed by atoms with Gasteiger partial charge in [0.2, 0.25) is 0 Å². The predicted molar refractivity (Wildman–Crippen MR) is 87.8 cm³/mol. The van der Waals surface area contributed by atoms with E-state index in [4.69, 9.17) is 0 Å². The van der Waals surface area contributed by atoms with Crippen LogP contribution >= 0.6 is 11.8 Å². The van der Waals surface area contributed by atoms with E-state index in [1.807, 2.05) is 43.9 Å². The molecular formula is C16H24N2OS. The predicted octanol–water partition coefficient (Wildman–Crippen LogP) is 3.44. The monoisotopic (exact) mass is 292 g/mol. The molecule has 110 valence electrons. The third-order valence-corrected chi connectivity index (χ3v) is 5.24. The molecule has 0 aromatic heterocycles. The Bertz CT molecular complexity index is 476. The molecule has 0 heterocycles. The molecule has 1 aromatic carbocycles. The summed E-state index contributed by atoms with van der Waals surface area (Å²) < 4.78 is 0. The number of thioether (sulfide) groups is 1. The molecule has 3 nitrogen and oxygen atoms in total. The Morgan fingerprint density at radius 2 is 2.20 bits per heavy atom. The molecule has 0 spiro atoms. The van der Waals surface area contributed by atoms with Gasteiger partial charge in [0.25, 0.3) is 5.91 Å². The van der Waals surface area contributed by atoms with Crippen molar-refractivity contribution in [3.8, 4) is 0 Å². The second-order valence-electron chi connectivity index (χ2n) is 5.28. The van der Waals surface area contributed by atoms with Crippen LogP contribution in [0.2, 0.25) is 0 Å². The van der Waals surface area contributed by atoms with E-state index >= 15 is 0 Å². The van der Waals surface area contributed by atoms with E-state index in [0.717, 1.165) is 29.0 Å². The fraction of sp³-hybridized carbons (Fsp3) is 0.562. The number of hydrogen-bond donors (Lipinski definition) is 2. The van der Waals surface area contributed by atoms with E-state index in [1.54, 1.807) is 0 Å². The largest absolute Gasteiger partial charge is 0.388 e. The number of hydrogen-bond acceptors (Lipinski definition) is 3. The summed E-state index contributed by atoms with van der Waals surface area (Å²) in [6.45, 7) is 4.17. The van der Waals surface area contributed by atoms with Gasteiger partial charge < -0.3 is 10.6 Å². The Hall–Kier alpha value is -1.16. The van der Waals surface area contributed by atoms with Crippen molar-refractivity contribution in [1.82, 2.24) is 5.32 Å². The van der Waals surface area contributed by atoms with Crippen LogP contribution in [0.5, 0.6) is 0 Å². The summed E-state index contributed by atoms with van der Waals surface area (Å²) in [6.07, 6.45) is 3.55. The Balaban J connectivity index is 2.04. The van der Waals surface area contributed by atoms with Crippen LogP contribution in [0.3, 0.4) is 0 Å². The van der Waals surface area contributed by atoms with Crippen molar-refractivity contribution in [2.45, 2.75) is 44.4 Å². The first kappa shape index (κ1) is 15.2. The number of anilines is 1. The Morgan fingerprint density at radius 3 is 2.85 bits per heavy atom. The highest BCUT2D eigenvalue weighted by molar-refractivity contribution is 7.99. The maximum Gasteiger partial charge on any atom is 0.251 e. The lowest BCUT2D eigenvalue weighted by molar-refractivity contribution is 0.0938. The molecule has 0 saturated heterocycles. The average molecular weight is 292 g/mol. The lowest BCUT2D eigenvalue weighted by Crippen LogP contribution is -2.39. The smallest absolute Gasteiger partial charge is 0.251 e. The summed E-state index contributed by atoms with van der Waals surface area (Å²) in [6, 6.07) is 6.21. The van der Waals surface area contributed by atoms with Gasteiger partial charge in [0.1, 0.15) is 0 Å². The van der Waals surface area contributed by atoms with Crippen LogP contribution in [0.25, 0.3) is 0 Å². The van der Waals surface area contributed by atoms with E-state index in [1.165, 1.54) is 12.8 Å². The highest BCUT2D eigenvalue weighted by Gasteiger charge is 2.28. The standard InChI is InChI=1S/C16H24N2OS/c1-4-20-15-7-5-6-14(15)18-16(19)13-9-8-12(17-3)10-11(13)2/h8-10,14-15,17H,4-7H2,1-3H3,(H,18,19). The van der Waals surface area contributed by atoms with Gasteiger partial charge in [-0.15, -0.1) is 0 Å². The van der Waals surface area contributed by atoms with Crippen molar-refractivity contribution >= 4 is 23.4 Å². The molecule has 1 amide bonds. The molecule has 1 aliphatic carbocycles. The van der Waals surface area contributed by atoms with Crippen molar-refractivity contribution in [1.29, 1.82) is 0 Å². The molecule has 0 radical (unpaired) electrons. The molecular weight excluding hydrogens is 268 g/mol. The maximum atomic E-state index is 12.4. The molecule has 1 aromatic rings. The van der Waals surface area contributed by atoms with Gasteiger partial charge in [0, 0.05) is 29.6 Å². The molecule has 2 rings (SSSR count). The van der Waals surface area contributed by atoms with Crippen molar-refractivity contribution in [3.05, 3.63) is 29.3 Å². The minimum Gasteiger partial charge on any atom is -0.388 e. The molecule has 1 aliphatic rings. The van der Waals surface area contributed by atoms with E-state index in [0.29, 0.717) is 11.3 Å². The van der Waals surface area contributed by atoms with Gasteiger partial charge in [0.15, 0.2) is 0 Å². The SMILES string of the molecule is CCSC1CCCC1NC(=O)c1ccc(NC)cc1C. The molecule has 1 saturated carbocycles. The minimum atomic E-state index is 0.0683. The summed E-state index contributed by atoms with van der Waals surface area (Å²) in [5.41, 5.74) is 2.85. The first-order valence-corrected chi connectivity index (χ1v) is 8.41. The van der Waals surface area contributed by atoms with Crippen molar-refractivity contribution in [3.63, 3.8) is 0 Å². The number of rotatable bonds is 5. The van der Waals surface area contributed by atoms with Gasteiger partial charge in [-0.25, -0.2) is 0 Å². The van der Waals surface area contributed by atoms with Crippen LogP contribution in [-0.2, 0) is 0 Å². The van der Waals surface area contributed by atoms with Gasteiger partial charge in [-0.1, -0.05) is 13.3 Å². The quantitative estimate of drug-likeness (QED) is 0.873. The molecule has 2 atom stereocenters. The van der Waals surface area contributed by atoms with Crippen molar-refractivity contribution < 1.29 is 4.79 Å². The lowest BCUT2D eigenvalue weighted by atomic mass is 10.1. The molecule has 4 heteroatoms. The van der Waals surface area contributed by atoms with E-state index < -0.39 is 0 Å². The number of aryl methyl sites for hydroxylation is 1. The Kier molecular flexibility index (Phi) is 5.35. The van der Waals surface area contributed by atoms with E-state index in [9.17, 15) is 4.79 Å². The Morgan fingerprint density at radius 1 is 1.40 bits per heavy atom. The highest BCUT2D eigenvalue weighted by Crippen LogP contribution is 2.30. The Labute approximate surface area is 125 Å². The van der Waals surface area contributed by atoms with Gasteiger partial charge in [-0.2, -0.15) is 11.8 Å². The fourth-order valence-corrected chi connectivity index (χ4v) is 4.02. The number of carbonyl (C=O) groups excluding carboxylic acids is 1. The number of nitrogens with one attached hydrogen (secondary N) is 2. The zero-order valence-electron chi connectivity index (χ0n) is 12.5. The zero-order valence-corrected chi connectivity index (χ0v) is 13.3. The van der Waals surface area contributed by atoms with Gasteiger partial charge >= 0.3 is 0 Å². The number of benzene rings is 1. The van der Waals surface area contributed by atoms with Crippen LogP contribution < -0.4 is 10.6 Å². The normalized spacial score (nSPS) is 21.8. The average Bonchev–Trinajstić information content (AvgIpc) is 2.86. The van der Waals surface area contributed by atoms with Gasteiger partial charge in [-0.05, 0) is 49.3 Å². The second-order valence-corrected chi connectivity index (χ2v) is 6.80. The highest BCUT2D eigenvalue weighted by atomic mass is 32.2. The van der Waals surface area contributed by atoms with Crippen LogP contribution in [0, 0.1) is 6.92 Å². The topological polar surface area (TPSA) is 41.1 Å². The summed E-state index contributed by atoms with van der Waals surface area (Å²) in [5.74, 6) is 1.19. The van der Waals surface area contributed by atoms with Crippen LogP contribution in [0.4, 0.5) is 5.69 Å². The minimum absolute atomic E-state index is 0.0683. The van der Waals surface area contributed by atoms with Crippen molar-refractivity contribution in [2.75, 3.05) is 18.1 Å². The molecule has 0 bridgehead atoms. The molecule has 1 fully saturated rings. The fourth-order valence-electron chi connectivity index (χ4n) is 2.82. The second kappa shape index (κ2) is 7.02. The third-order valence-electron chi connectivity index (χ3n) is 3.91. The molecule has 2 unspecified atom stereocenters. The van der Waals surface area contributed by atoms with Crippen molar-refractivity contribution in [2.24, 2.45) is 0 Å². The molecule has 2 N–H and O–H groups in total. The number of carbonyl (C=O) groups is 1. The summed E-state index contributed by atoms with van der Waals surface area (Å²) in [5, 5.41) is 6.91. The molecule has 20 heavy (non-hydrogen) atoms. The molecule has 0 aliphatic heterocycles. The zero-order chi connectivity index (χ0) is 14.5. The van der Waals surface area contributed by atoms with E-state index in [-0.39, 0.29) is 5.91 Å². The maximum absolute atomic E-state index is 12.4. The van der Waals surface area contributed by atoms with Gasteiger partial charge in [0.05, 0.1) is 0 Å². The third kappa shape index (κ3) is 3.48. The summed E-state index contributed by atoms with van der Waals surface area (Å²) in [4.78, 5) is 12.4. The van der Waals surface area contributed by atoms with Crippen LogP contribution in [0.1, 0.15) is 42.1 Å². The summed E-state index contributed by atoms with van der Waals surface area (Å²) >= 11 is 1.97. The van der Waals surface area contributed by atoms with Crippen LogP contribution in [-0.4, -0.2) is 30.0 Å². The lowest BCUT2D eigenvalue weighted by Gasteiger charge is -2.20. The van der Waals surface area contributed by atoms with Gasteiger partial charge in [-0.3, -0.25) is 4.79 Å². The first-order valence-electron chi connectivity index (χ1n) is 7.36. The van der Waals surface area contributed by atoms with E-state index in [2.05, 4.69) is 17.6 Å². The summed E-state index contributed by atoms with van der Waals surface area (Å²) in [7, 11) is 1.89.